The molecular formula is C13H27N3O2. The second-order valence-electron chi connectivity index (χ2n) is 5.80. The average molecular weight is 257 g/mol. The summed E-state index contributed by atoms with van der Waals surface area (Å²) in [4.78, 5) is 24.9. The number of amides is 2. The molecule has 0 aliphatic carbocycles. The fraction of sp³-hybridized carbons (Fsp3) is 0.846. The van der Waals surface area contributed by atoms with Gasteiger partial charge < -0.3 is 16.0 Å². The summed E-state index contributed by atoms with van der Waals surface area (Å²) >= 11 is 0. The number of carbonyl (C=O) groups excluding carboxylic acids is 2. The van der Waals surface area contributed by atoms with Crippen LogP contribution in [0.15, 0.2) is 0 Å². The Morgan fingerprint density at radius 1 is 1.33 bits per heavy atom. The molecule has 3 N–H and O–H groups in total. The topological polar surface area (TPSA) is 75.4 Å². The molecule has 0 aromatic heterocycles. The number of rotatable bonds is 6. The predicted octanol–water partition coefficient (Wildman–Crippen LogP) is 0.877. The molecule has 5 nitrogen and oxygen atoms in total. The molecule has 18 heavy (non-hydrogen) atoms. The Labute approximate surface area is 110 Å². The van der Waals surface area contributed by atoms with Crippen LogP contribution in [0.2, 0.25) is 0 Å². The number of carbonyl (C=O) groups is 2. The van der Waals surface area contributed by atoms with Gasteiger partial charge in [0.25, 0.3) is 0 Å². The van der Waals surface area contributed by atoms with Crippen molar-refractivity contribution in [3.63, 3.8) is 0 Å². The van der Waals surface area contributed by atoms with E-state index in [1.165, 1.54) is 4.90 Å². The van der Waals surface area contributed by atoms with E-state index in [1.54, 1.807) is 7.05 Å². The molecule has 0 aliphatic heterocycles. The summed E-state index contributed by atoms with van der Waals surface area (Å²) in [5.41, 5.74) is 5.53. The maximum Gasteiger partial charge on any atom is 0.240 e. The Morgan fingerprint density at radius 2 is 1.89 bits per heavy atom. The highest BCUT2D eigenvalue weighted by atomic mass is 16.2. The molecule has 0 fully saturated rings. The van der Waals surface area contributed by atoms with Gasteiger partial charge in [0.15, 0.2) is 0 Å². The molecule has 0 radical (unpaired) electrons. The number of hydrogen-bond acceptors (Lipinski definition) is 3. The maximum absolute atomic E-state index is 11.8. The Kier molecular flexibility index (Phi) is 6.91. The smallest absolute Gasteiger partial charge is 0.240 e. The summed E-state index contributed by atoms with van der Waals surface area (Å²) in [6.07, 6.45) is 2.09. The van der Waals surface area contributed by atoms with Crippen molar-refractivity contribution in [2.75, 3.05) is 13.6 Å². The first-order valence-corrected chi connectivity index (χ1v) is 6.46. The Bertz CT molecular complexity index is 284. The van der Waals surface area contributed by atoms with E-state index in [0.29, 0.717) is 6.42 Å². The van der Waals surface area contributed by atoms with Crippen LogP contribution >= 0.6 is 0 Å². The molecule has 0 saturated carbocycles. The molecule has 0 rings (SSSR count). The van der Waals surface area contributed by atoms with Gasteiger partial charge in [0.05, 0.1) is 6.54 Å². The molecule has 1 atom stereocenters. The van der Waals surface area contributed by atoms with E-state index in [1.807, 2.05) is 27.7 Å². The van der Waals surface area contributed by atoms with Crippen LogP contribution in [0.4, 0.5) is 0 Å². The van der Waals surface area contributed by atoms with Gasteiger partial charge in [0.1, 0.15) is 0 Å². The standard InChI is InChI=1S/C13H27N3O2/c1-6-7-10(14)8-12(18)16(5)9-11(17)15-13(2,3)4/h10H,6-9,14H2,1-5H3,(H,15,17). The van der Waals surface area contributed by atoms with Crippen molar-refractivity contribution >= 4 is 11.8 Å². The lowest BCUT2D eigenvalue weighted by Crippen LogP contribution is -2.46. The van der Waals surface area contributed by atoms with Crippen molar-refractivity contribution in [3.8, 4) is 0 Å². The van der Waals surface area contributed by atoms with Gasteiger partial charge in [-0.25, -0.2) is 0 Å². The lowest BCUT2D eigenvalue weighted by molar-refractivity contribution is -0.135. The van der Waals surface area contributed by atoms with Gasteiger partial charge in [-0.15, -0.1) is 0 Å². The van der Waals surface area contributed by atoms with Crippen molar-refractivity contribution in [2.24, 2.45) is 5.73 Å². The Balaban J connectivity index is 4.12. The van der Waals surface area contributed by atoms with Crippen molar-refractivity contribution in [1.82, 2.24) is 10.2 Å². The molecule has 0 aromatic rings. The van der Waals surface area contributed by atoms with E-state index in [9.17, 15) is 9.59 Å². The first-order chi connectivity index (χ1) is 8.15. The van der Waals surface area contributed by atoms with E-state index >= 15 is 0 Å². The monoisotopic (exact) mass is 257 g/mol. The number of likely N-dealkylation sites (N-methyl/N-ethyl adjacent to an activating group) is 1. The number of hydrogen-bond donors (Lipinski definition) is 2. The minimum absolute atomic E-state index is 0.0783. The highest BCUT2D eigenvalue weighted by molar-refractivity contribution is 5.85. The normalized spacial score (nSPS) is 13.0. The lowest BCUT2D eigenvalue weighted by atomic mass is 10.1. The fourth-order valence-corrected chi connectivity index (χ4v) is 1.61. The molecule has 0 heterocycles. The van der Waals surface area contributed by atoms with Gasteiger partial charge in [-0.2, -0.15) is 0 Å². The van der Waals surface area contributed by atoms with Crippen molar-refractivity contribution in [1.29, 1.82) is 0 Å². The molecule has 2 amide bonds. The molecule has 106 valence electrons. The molecule has 0 spiro atoms. The van der Waals surface area contributed by atoms with Crippen molar-refractivity contribution in [3.05, 3.63) is 0 Å². The minimum atomic E-state index is -0.278. The third-order valence-corrected chi connectivity index (χ3v) is 2.42. The third-order valence-electron chi connectivity index (χ3n) is 2.42. The zero-order chi connectivity index (χ0) is 14.3. The van der Waals surface area contributed by atoms with Crippen molar-refractivity contribution < 1.29 is 9.59 Å². The Morgan fingerprint density at radius 3 is 2.33 bits per heavy atom. The summed E-state index contributed by atoms with van der Waals surface area (Å²) in [5.74, 6) is -0.234. The maximum atomic E-state index is 11.8. The van der Waals surface area contributed by atoms with Gasteiger partial charge >= 0.3 is 0 Å². The molecular weight excluding hydrogens is 230 g/mol. The first kappa shape index (κ1) is 16.9. The van der Waals surface area contributed by atoms with Gasteiger partial charge in [0.2, 0.25) is 11.8 Å². The molecule has 0 bridgehead atoms. The number of nitrogens with two attached hydrogens (primary N) is 1. The average Bonchev–Trinajstić information content (AvgIpc) is 2.14. The van der Waals surface area contributed by atoms with Crippen LogP contribution in [0, 0.1) is 0 Å². The zero-order valence-corrected chi connectivity index (χ0v) is 12.2. The van der Waals surface area contributed by atoms with E-state index in [0.717, 1.165) is 12.8 Å². The summed E-state index contributed by atoms with van der Waals surface area (Å²) in [6.45, 7) is 7.83. The second-order valence-corrected chi connectivity index (χ2v) is 5.80. The summed E-state index contributed by atoms with van der Waals surface area (Å²) in [5, 5.41) is 2.82. The van der Waals surface area contributed by atoms with Crippen LogP contribution in [0.25, 0.3) is 0 Å². The summed E-state index contributed by atoms with van der Waals surface area (Å²) < 4.78 is 0. The fourth-order valence-electron chi connectivity index (χ4n) is 1.61. The lowest BCUT2D eigenvalue weighted by Gasteiger charge is -2.24. The largest absolute Gasteiger partial charge is 0.350 e. The summed E-state index contributed by atoms with van der Waals surface area (Å²) in [6, 6.07) is -0.115. The van der Waals surface area contributed by atoms with Gasteiger partial charge in [-0.1, -0.05) is 13.3 Å². The molecule has 5 heteroatoms. The molecule has 0 saturated heterocycles. The zero-order valence-electron chi connectivity index (χ0n) is 12.2. The van der Waals surface area contributed by atoms with Crippen LogP contribution in [0.3, 0.4) is 0 Å². The Hall–Kier alpha value is -1.10. The highest BCUT2D eigenvalue weighted by Crippen LogP contribution is 2.02. The van der Waals surface area contributed by atoms with Crippen molar-refractivity contribution in [2.45, 2.75) is 58.5 Å². The molecule has 1 unspecified atom stereocenters. The molecule has 0 aromatic carbocycles. The SMILES string of the molecule is CCCC(N)CC(=O)N(C)CC(=O)NC(C)(C)C. The predicted molar refractivity (Wildman–Crippen MR) is 73.0 cm³/mol. The van der Waals surface area contributed by atoms with Crippen LogP contribution in [0.5, 0.6) is 0 Å². The van der Waals surface area contributed by atoms with Crippen LogP contribution in [-0.4, -0.2) is 41.9 Å². The number of nitrogens with zero attached hydrogens (tertiary/aromatic N) is 1. The summed E-state index contributed by atoms with van der Waals surface area (Å²) in [7, 11) is 1.63. The minimum Gasteiger partial charge on any atom is -0.350 e. The highest BCUT2D eigenvalue weighted by Gasteiger charge is 2.18. The third kappa shape index (κ3) is 8.06. The van der Waals surface area contributed by atoms with E-state index in [4.69, 9.17) is 5.73 Å². The molecule has 0 aliphatic rings. The second kappa shape index (κ2) is 7.36. The van der Waals surface area contributed by atoms with Crippen LogP contribution in [-0.2, 0) is 9.59 Å². The quantitative estimate of drug-likeness (QED) is 0.741. The van der Waals surface area contributed by atoms with Crippen LogP contribution < -0.4 is 11.1 Å². The van der Waals surface area contributed by atoms with Gasteiger partial charge in [-0.05, 0) is 27.2 Å². The van der Waals surface area contributed by atoms with E-state index < -0.39 is 0 Å². The first-order valence-electron chi connectivity index (χ1n) is 6.46. The van der Waals surface area contributed by atoms with Gasteiger partial charge in [-0.3, -0.25) is 9.59 Å². The van der Waals surface area contributed by atoms with E-state index in [-0.39, 0.29) is 29.9 Å². The van der Waals surface area contributed by atoms with Gasteiger partial charge in [0, 0.05) is 25.0 Å². The van der Waals surface area contributed by atoms with E-state index in [2.05, 4.69) is 5.32 Å². The van der Waals surface area contributed by atoms with Crippen LogP contribution in [0.1, 0.15) is 47.0 Å². The number of nitrogens with one attached hydrogen (secondary N) is 1.